The van der Waals surface area contributed by atoms with Gasteiger partial charge in [-0.3, -0.25) is 14.4 Å². The summed E-state index contributed by atoms with van der Waals surface area (Å²) in [6, 6.07) is 4.37. The maximum absolute atomic E-state index is 13.3. The molecule has 0 unspecified atom stereocenters. The van der Waals surface area contributed by atoms with E-state index in [0.29, 0.717) is 30.8 Å². The van der Waals surface area contributed by atoms with Gasteiger partial charge in [-0.05, 0) is 62.6 Å². The first-order chi connectivity index (χ1) is 17.7. The molecule has 7 nitrogen and oxygen atoms in total. The average molecular weight is 537 g/mol. The van der Waals surface area contributed by atoms with Crippen molar-refractivity contribution in [1.82, 2.24) is 20.0 Å². The van der Waals surface area contributed by atoms with Gasteiger partial charge in [-0.15, -0.1) is 0 Å². The normalized spacial score (nSPS) is 25.9. The Morgan fingerprint density at radius 3 is 2.62 bits per heavy atom. The van der Waals surface area contributed by atoms with Gasteiger partial charge in [-0.2, -0.15) is 18.3 Å². The second kappa shape index (κ2) is 9.47. The summed E-state index contributed by atoms with van der Waals surface area (Å²) in [5.41, 5.74) is -0.526. The lowest BCUT2D eigenvalue weighted by Gasteiger charge is -2.40. The number of alkyl halides is 3. The van der Waals surface area contributed by atoms with Crippen LogP contribution < -0.4 is 15.5 Å². The van der Waals surface area contributed by atoms with E-state index in [1.165, 1.54) is 25.6 Å². The summed E-state index contributed by atoms with van der Waals surface area (Å²) in [6.07, 6.45) is 4.96. The van der Waals surface area contributed by atoms with Gasteiger partial charge in [-0.25, -0.2) is 0 Å². The molecular formula is C26H32ClF3N6O. The standard InChI is InChI=1S/C26H32ClF3N6O/c27-22-10-18(26(28,29)30)2-3-23(22)33-24(37)25(6-1-7-25)36-16-21(13-32-36)34-8-4-17(5-9-34)14-35-15-19-11-20(35)12-31-19/h2-3,10,13,16-17,19-20,31H,1,4-9,11-12,14-15H2,(H,33,37)/t19-,20-/m1/s1. The monoisotopic (exact) mass is 536 g/mol. The Kier molecular flexibility index (Phi) is 6.40. The van der Waals surface area contributed by atoms with Crippen LogP contribution in [-0.4, -0.2) is 65.4 Å². The molecule has 2 atom stereocenters. The molecule has 200 valence electrons. The number of carbonyl (C=O) groups is 1. The van der Waals surface area contributed by atoms with Crippen molar-refractivity contribution in [2.75, 3.05) is 42.9 Å². The van der Waals surface area contributed by atoms with Crippen LogP contribution in [0.15, 0.2) is 30.6 Å². The number of hydrogen-bond donors (Lipinski definition) is 2. The van der Waals surface area contributed by atoms with E-state index >= 15 is 0 Å². The number of halogens is 4. The lowest BCUT2D eigenvalue weighted by molar-refractivity contribution is -0.137. The van der Waals surface area contributed by atoms with E-state index < -0.39 is 17.3 Å². The SMILES string of the molecule is O=C(Nc1ccc(C(F)(F)F)cc1Cl)C1(n2cc(N3CCC(CN4C[C@H]5C[C@@H]4CN5)CC3)cn2)CCC1. The average Bonchev–Trinajstić information content (AvgIpc) is 3.58. The van der Waals surface area contributed by atoms with E-state index in [1.807, 2.05) is 12.4 Å². The number of fused-ring (bicyclic) bond motifs is 2. The number of piperidine rings is 1. The maximum atomic E-state index is 13.3. The third-order valence-corrected chi connectivity index (χ3v) is 9.11. The quantitative estimate of drug-likeness (QED) is 0.575. The first-order valence-electron chi connectivity index (χ1n) is 13.2. The molecular weight excluding hydrogens is 505 g/mol. The smallest absolute Gasteiger partial charge is 0.369 e. The summed E-state index contributed by atoms with van der Waals surface area (Å²) in [4.78, 5) is 18.3. The first-order valence-corrected chi connectivity index (χ1v) is 13.5. The maximum Gasteiger partial charge on any atom is 0.416 e. The molecule has 4 aliphatic rings. The van der Waals surface area contributed by atoms with Crippen LogP contribution in [-0.2, 0) is 16.5 Å². The minimum absolute atomic E-state index is 0.139. The summed E-state index contributed by atoms with van der Waals surface area (Å²) < 4.78 is 40.6. The van der Waals surface area contributed by atoms with Crippen LogP contribution in [0.2, 0.25) is 5.02 Å². The van der Waals surface area contributed by atoms with E-state index in [9.17, 15) is 18.0 Å². The van der Waals surface area contributed by atoms with Gasteiger partial charge in [0, 0.05) is 51.0 Å². The summed E-state index contributed by atoms with van der Waals surface area (Å²) in [5.74, 6) is 0.408. The topological polar surface area (TPSA) is 65.4 Å². The van der Waals surface area contributed by atoms with Crippen molar-refractivity contribution in [2.45, 2.75) is 62.3 Å². The lowest BCUT2D eigenvalue weighted by Crippen LogP contribution is -2.51. The van der Waals surface area contributed by atoms with Gasteiger partial charge < -0.3 is 15.5 Å². The zero-order valence-electron chi connectivity index (χ0n) is 20.6. The molecule has 0 radical (unpaired) electrons. The Labute approximate surface area is 219 Å². The number of rotatable bonds is 6. The number of amides is 1. The predicted molar refractivity (Wildman–Crippen MR) is 136 cm³/mol. The highest BCUT2D eigenvalue weighted by Gasteiger charge is 2.47. The molecule has 1 amide bonds. The van der Waals surface area contributed by atoms with Crippen molar-refractivity contribution in [3.05, 3.63) is 41.2 Å². The Morgan fingerprint density at radius 1 is 1.24 bits per heavy atom. The van der Waals surface area contributed by atoms with E-state index in [-0.39, 0.29) is 16.6 Å². The minimum atomic E-state index is -4.49. The van der Waals surface area contributed by atoms with Crippen LogP contribution in [0.25, 0.3) is 0 Å². The number of carbonyl (C=O) groups excluding carboxylic acids is 1. The predicted octanol–water partition coefficient (Wildman–Crippen LogP) is 4.34. The van der Waals surface area contributed by atoms with E-state index in [0.717, 1.165) is 56.7 Å². The molecule has 37 heavy (non-hydrogen) atoms. The fourth-order valence-electron chi connectivity index (χ4n) is 6.39. The number of likely N-dealkylation sites (tertiary alicyclic amines) is 1. The molecule has 4 fully saturated rings. The summed E-state index contributed by atoms with van der Waals surface area (Å²) in [5, 5.41) is 10.7. The molecule has 1 aromatic heterocycles. The molecule has 4 heterocycles. The summed E-state index contributed by atoms with van der Waals surface area (Å²) in [7, 11) is 0. The fraction of sp³-hybridized carbons (Fsp3) is 0.615. The molecule has 3 saturated heterocycles. The number of hydrogen-bond acceptors (Lipinski definition) is 5. The Bertz CT molecular complexity index is 1160. The highest BCUT2D eigenvalue weighted by Crippen LogP contribution is 2.42. The number of benzene rings is 1. The fourth-order valence-corrected chi connectivity index (χ4v) is 6.62. The molecule has 0 spiro atoms. The second-order valence-corrected chi connectivity index (χ2v) is 11.5. The van der Waals surface area contributed by atoms with Gasteiger partial charge in [-0.1, -0.05) is 11.6 Å². The zero-order valence-corrected chi connectivity index (χ0v) is 21.4. The lowest BCUT2D eigenvalue weighted by atomic mass is 9.76. The van der Waals surface area contributed by atoms with E-state index in [1.54, 1.807) is 4.68 Å². The molecule has 3 aliphatic heterocycles. The highest BCUT2D eigenvalue weighted by atomic mass is 35.5. The molecule has 6 rings (SSSR count). The Morgan fingerprint density at radius 2 is 2.03 bits per heavy atom. The number of anilines is 2. The van der Waals surface area contributed by atoms with Gasteiger partial charge in [0.2, 0.25) is 0 Å². The molecule has 1 aliphatic carbocycles. The van der Waals surface area contributed by atoms with Gasteiger partial charge in [0.05, 0.1) is 28.2 Å². The minimum Gasteiger partial charge on any atom is -0.369 e. The van der Waals surface area contributed by atoms with Gasteiger partial charge in [0.1, 0.15) is 5.54 Å². The van der Waals surface area contributed by atoms with Gasteiger partial charge >= 0.3 is 6.18 Å². The number of nitrogens with zero attached hydrogens (tertiary/aromatic N) is 4. The van der Waals surface area contributed by atoms with Crippen molar-refractivity contribution in [1.29, 1.82) is 0 Å². The zero-order chi connectivity index (χ0) is 25.8. The Hall–Kier alpha value is -2.30. The van der Waals surface area contributed by atoms with Crippen molar-refractivity contribution < 1.29 is 18.0 Å². The molecule has 11 heteroatoms. The Balaban J connectivity index is 1.08. The third kappa shape index (κ3) is 4.72. The third-order valence-electron chi connectivity index (χ3n) is 8.80. The first kappa shape index (κ1) is 25.0. The summed E-state index contributed by atoms with van der Waals surface area (Å²) >= 11 is 6.08. The van der Waals surface area contributed by atoms with Crippen molar-refractivity contribution >= 4 is 28.9 Å². The van der Waals surface area contributed by atoms with Crippen molar-refractivity contribution in [3.63, 3.8) is 0 Å². The van der Waals surface area contributed by atoms with Crippen LogP contribution in [0.4, 0.5) is 24.5 Å². The summed E-state index contributed by atoms with van der Waals surface area (Å²) in [6.45, 7) is 5.43. The van der Waals surface area contributed by atoms with E-state index in [4.69, 9.17) is 11.6 Å². The second-order valence-electron chi connectivity index (χ2n) is 11.1. The molecule has 1 saturated carbocycles. The molecule has 2 bridgehead atoms. The molecule has 2 N–H and O–H groups in total. The molecule has 1 aromatic carbocycles. The number of nitrogens with one attached hydrogen (secondary N) is 2. The molecule has 2 aromatic rings. The van der Waals surface area contributed by atoms with Crippen LogP contribution in [0, 0.1) is 5.92 Å². The van der Waals surface area contributed by atoms with Crippen LogP contribution in [0.1, 0.15) is 44.1 Å². The van der Waals surface area contributed by atoms with Crippen LogP contribution >= 0.6 is 11.6 Å². The largest absolute Gasteiger partial charge is 0.416 e. The van der Waals surface area contributed by atoms with E-state index in [2.05, 4.69) is 25.5 Å². The van der Waals surface area contributed by atoms with Crippen molar-refractivity contribution in [2.24, 2.45) is 5.92 Å². The van der Waals surface area contributed by atoms with Gasteiger partial charge in [0.15, 0.2) is 0 Å². The number of aromatic nitrogens is 2. The van der Waals surface area contributed by atoms with Crippen LogP contribution in [0.5, 0.6) is 0 Å². The highest BCUT2D eigenvalue weighted by molar-refractivity contribution is 6.33. The number of piperazine rings is 1. The van der Waals surface area contributed by atoms with Crippen molar-refractivity contribution in [3.8, 4) is 0 Å². The van der Waals surface area contributed by atoms with Gasteiger partial charge in [0.25, 0.3) is 5.91 Å². The van der Waals surface area contributed by atoms with Crippen LogP contribution in [0.3, 0.4) is 0 Å².